The van der Waals surface area contributed by atoms with E-state index in [0.29, 0.717) is 0 Å². The van der Waals surface area contributed by atoms with Crippen molar-refractivity contribution in [1.29, 1.82) is 0 Å². The van der Waals surface area contributed by atoms with Crippen LogP contribution in [0, 0.1) is 0 Å². The van der Waals surface area contributed by atoms with Gasteiger partial charge in [0.2, 0.25) is 0 Å². The normalized spacial score (nSPS) is 14.2. The SMILES string of the molecule is COc1cccc(CN2CCN(c3cccc(OC)c3)CC2)c1.[Cl-].[Cl-]. The summed E-state index contributed by atoms with van der Waals surface area (Å²) < 4.78 is 10.6. The molecule has 0 amide bonds. The van der Waals surface area contributed by atoms with Crippen LogP contribution in [0.2, 0.25) is 0 Å². The van der Waals surface area contributed by atoms with Crippen molar-refractivity contribution in [1.82, 2.24) is 4.90 Å². The molecule has 1 saturated heterocycles. The van der Waals surface area contributed by atoms with Gasteiger partial charge in [-0.05, 0) is 29.8 Å². The lowest BCUT2D eigenvalue weighted by atomic mass is 10.1. The minimum absolute atomic E-state index is 0. The van der Waals surface area contributed by atoms with Crippen molar-refractivity contribution >= 4 is 5.69 Å². The molecule has 2 aromatic carbocycles. The van der Waals surface area contributed by atoms with Gasteiger partial charge in [-0.1, -0.05) is 18.2 Å². The molecule has 4 nitrogen and oxygen atoms in total. The quantitative estimate of drug-likeness (QED) is 0.551. The number of hydrogen-bond acceptors (Lipinski definition) is 4. The predicted octanol–water partition coefficient (Wildman–Crippen LogP) is -2.97. The maximum absolute atomic E-state index is 5.32. The number of anilines is 1. The van der Waals surface area contributed by atoms with Crippen molar-refractivity contribution in [2.24, 2.45) is 0 Å². The molecule has 1 heterocycles. The number of rotatable bonds is 5. The number of ether oxygens (including phenoxy) is 2. The smallest absolute Gasteiger partial charge is 0.120 e. The van der Waals surface area contributed by atoms with Crippen molar-refractivity contribution in [2.45, 2.75) is 6.54 Å². The van der Waals surface area contributed by atoms with Crippen LogP contribution in [0.1, 0.15) is 5.56 Å². The van der Waals surface area contributed by atoms with Gasteiger partial charge in [-0.25, -0.2) is 0 Å². The van der Waals surface area contributed by atoms with Gasteiger partial charge in [-0.2, -0.15) is 0 Å². The molecule has 0 spiro atoms. The fraction of sp³-hybridized carbons (Fsp3) is 0.368. The highest BCUT2D eigenvalue weighted by atomic mass is 35.5. The first kappa shape index (κ1) is 21.4. The van der Waals surface area contributed by atoms with Crippen LogP contribution in [0.4, 0.5) is 5.69 Å². The summed E-state index contributed by atoms with van der Waals surface area (Å²) in [5.74, 6) is 1.85. The highest BCUT2D eigenvalue weighted by Crippen LogP contribution is 2.22. The van der Waals surface area contributed by atoms with E-state index < -0.39 is 0 Å². The van der Waals surface area contributed by atoms with Crippen molar-refractivity contribution in [2.75, 3.05) is 45.3 Å². The molecular formula is C19H24Cl2N2O2-2. The topological polar surface area (TPSA) is 24.9 Å². The Bertz CT molecular complexity index is 647. The van der Waals surface area contributed by atoms with Crippen LogP contribution >= 0.6 is 0 Å². The first-order valence-electron chi connectivity index (χ1n) is 8.03. The van der Waals surface area contributed by atoms with Crippen LogP contribution in [0.15, 0.2) is 48.5 Å². The standard InChI is InChI=1S/C19H24N2O2.2ClH/c1-22-18-7-3-5-16(13-18)15-20-9-11-21(12-10-20)17-6-4-8-19(14-17)23-2;;/h3-8,13-14H,9-12,15H2,1-2H3;2*1H/p-2. The summed E-state index contributed by atoms with van der Waals surface area (Å²) in [5, 5.41) is 0. The van der Waals surface area contributed by atoms with E-state index in [9.17, 15) is 0 Å². The summed E-state index contributed by atoms with van der Waals surface area (Å²) >= 11 is 0. The van der Waals surface area contributed by atoms with Gasteiger partial charge in [0.15, 0.2) is 0 Å². The molecule has 0 radical (unpaired) electrons. The number of hydrogen-bond donors (Lipinski definition) is 0. The zero-order valence-corrected chi connectivity index (χ0v) is 16.1. The maximum Gasteiger partial charge on any atom is 0.120 e. The third-order valence-electron chi connectivity index (χ3n) is 4.33. The molecule has 2 aromatic rings. The average Bonchev–Trinajstić information content (AvgIpc) is 2.62. The van der Waals surface area contributed by atoms with Crippen LogP contribution in [-0.2, 0) is 6.54 Å². The Hall–Kier alpha value is -1.62. The van der Waals surface area contributed by atoms with Crippen molar-refractivity contribution < 1.29 is 34.3 Å². The molecule has 1 aliphatic heterocycles. The van der Waals surface area contributed by atoms with E-state index in [0.717, 1.165) is 44.2 Å². The fourth-order valence-electron chi connectivity index (χ4n) is 3.00. The first-order chi connectivity index (χ1) is 11.3. The van der Waals surface area contributed by atoms with Crippen molar-refractivity contribution in [3.05, 3.63) is 54.1 Å². The summed E-state index contributed by atoms with van der Waals surface area (Å²) in [7, 11) is 3.43. The van der Waals surface area contributed by atoms with Gasteiger partial charge in [0, 0.05) is 44.5 Å². The molecule has 0 saturated carbocycles. The van der Waals surface area contributed by atoms with E-state index in [1.165, 1.54) is 11.3 Å². The van der Waals surface area contributed by atoms with Crippen LogP contribution in [0.25, 0.3) is 0 Å². The number of methoxy groups -OCH3 is 2. The maximum atomic E-state index is 5.32. The van der Waals surface area contributed by atoms with Crippen LogP contribution in [0.5, 0.6) is 11.5 Å². The van der Waals surface area contributed by atoms with E-state index in [4.69, 9.17) is 9.47 Å². The van der Waals surface area contributed by atoms with Gasteiger partial charge in [0.05, 0.1) is 14.2 Å². The second-order valence-corrected chi connectivity index (χ2v) is 5.82. The molecule has 0 bridgehead atoms. The Balaban J connectivity index is 0.00000156. The van der Waals surface area contributed by atoms with Gasteiger partial charge in [-0.15, -0.1) is 0 Å². The van der Waals surface area contributed by atoms with Crippen molar-refractivity contribution in [3.8, 4) is 11.5 Å². The van der Waals surface area contributed by atoms with Gasteiger partial charge in [0.25, 0.3) is 0 Å². The van der Waals surface area contributed by atoms with Crippen LogP contribution in [-0.4, -0.2) is 45.3 Å². The largest absolute Gasteiger partial charge is 1.00 e. The summed E-state index contributed by atoms with van der Waals surface area (Å²) in [6.07, 6.45) is 0. The number of nitrogens with zero attached hydrogens (tertiary/aromatic N) is 2. The molecule has 0 aromatic heterocycles. The van der Waals surface area contributed by atoms with Crippen LogP contribution in [0.3, 0.4) is 0 Å². The zero-order chi connectivity index (χ0) is 16.1. The molecule has 25 heavy (non-hydrogen) atoms. The molecule has 3 rings (SSSR count). The van der Waals surface area contributed by atoms with E-state index in [1.807, 2.05) is 12.1 Å². The molecule has 1 aliphatic rings. The summed E-state index contributed by atoms with van der Waals surface area (Å²) in [6, 6.07) is 16.6. The lowest BCUT2D eigenvalue weighted by Gasteiger charge is -2.36. The fourth-order valence-corrected chi connectivity index (χ4v) is 3.00. The van der Waals surface area contributed by atoms with E-state index in [1.54, 1.807) is 14.2 Å². The number of benzene rings is 2. The summed E-state index contributed by atoms with van der Waals surface area (Å²) in [4.78, 5) is 4.91. The molecule has 138 valence electrons. The van der Waals surface area contributed by atoms with Gasteiger partial charge in [-0.3, -0.25) is 4.90 Å². The zero-order valence-electron chi connectivity index (χ0n) is 14.6. The summed E-state index contributed by atoms with van der Waals surface area (Å²) in [6.45, 7) is 5.18. The van der Waals surface area contributed by atoms with Crippen LogP contribution < -0.4 is 39.2 Å². The molecule has 0 aliphatic carbocycles. The third kappa shape index (κ3) is 5.70. The summed E-state index contributed by atoms with van der Waals surface area (Å²) in [5.41, 5.74) is 2.55. The predicted molar refractivity (Wildman–Crippen MR) is 93.5 cm³/mol. The average molecular weight is 383 g/mol. The number of piperazine rings is 1. The van der Waals surface area contributed by atoms with E-state index in [-0.39, 0.29) is 24.8 Å². The Kier molecular flexibility index (Phi) is 8.90. The van der Waals surface area contributed by atoms with E-state index in [2.05, 4.69) is 46.2 Å². The Labute approximate surface area is 162 Å². The Morgan fingerprint density at radius 2 is 1.40 bits per heavy atom. The van der Waals surface area contributed by atoms with Crippen molar-refractivity contribution in [3.63, 3.8) is 0 Å². The lowest BCUT2D eigenvalue weighted by Crippen LogP contribution is -3.00. The second kappa shape index (κ2) is 10.4. The molecule has 0 atom stereocenters. The molecule has 0 N–H and O–H groups in total. The monoisotopic (exact) mass is 382 g/mol. The minimum Gasteiger partial charge on any atom is -1.00 e. The number of halogens is 2. The Morgan fingerprint density at radius 1 is 0.800 bits per heavy atom. The Morgan fingerprint density at radius 3 is 2.04 bits per heavy atom. The van der Waals surface area contributed by atoms with E-state index >= 15 is 0 Å². The highest BCUT2D eigenvalue weighted by Gasteiger charge is 2.17. The third-order valence-corrected chi connectivity index (χ3v) is 4.33. The molecular weight excluding hydrogens is 359 g/mol. The first-order valence-corrected chi connectivity index (χ1v) is 8.03. The minimum atomic E-state index is 0. The molecule has 6 heteroatoms. The molecule has 0 unspecified atom stereocenters. The molecule has 1 fully saturated rings. The van der Waals surface area contributed by atoms with Gasteiger partial charge >= 0.3 is 0 Å². The van der Waals surface area contributed by atoms with Gasteiger partial charge in [0.1, 0.15) is 11.5 Å². The second-order valence-electron chi connectivity index (χ2n) is 5.82. The highest BCUT2D eigenvalue weighted by molar-refractivity contribution is 5.51. The van der Waals surface area contributed by atoms with Gasteiger partial charge < -0.3 is 39.2 Å². The lowest BCUT2D eigenvalue weighted by molar-refractivity contribution is -0.00100.